The molecule has 1 rings (SSSR count). The molecule has 1 heterocycles. The van der Waals surface area contributed by atoms with Crippen molar-refractivity contribution in [1.82, 2.24) is 5.32 Å². The topological polar surface area (TPSA) is 55.1 Å². The highest BCUT2D eigenvalue weighted by molar-refractivity contribution is 9.10. The van der Waals surface area contributed by atoms with Crippen molar-refractivity contribution in [2.75, 3.05) is 6.54 Å². The molecule has 1 amide bonds. The normalized spacial score (nSPS) is 13.8. The highest BCUT2D eigenvalue weighted by atomic mass is 79.9. The van der Waals surface area contributed by atoms with Gasteiger partial charge in [-0.3, -0.25) is 4.79 Å². The van der Waals surface area contributed by atoms with Crippen molar-refractivity contribution in [3.63, 3.8) is 0 Å². The van der Waals surface area contributed by atoms with E-state index < -0.39 is 5.41 Å². The van der Waals surface area contributed by atoms with Gasteiger partial charge in [-0.1, -0.05) is 0 Å². The Bertz CT molecular complexity index is 376. The largest absolute Gasteiger partial charge is 0.369 e. The SMILES string of the molecule is CC(NCC(C)(C)C(N)=O)c1cc(Br)cs1. The maximum Gasteiger partial charge on any atom is 0.224 e. The van der Waals surface area contributed by atoms with E-state index in [1.807, 2.05) is 19.2 Å². The van der Waals surface area contributed by atoms with E-state index in [0.29, 0.717) is 6.54 Å². The van der Waals surface area contributed by atoms with E-state index in [4.69, 9.17) is 5.73 Å². The molecule has 0 saturated carbocycles. The van der Waals surface area contributed by atoms with Crippen LogP contribution in [0.5, 0.6) is 0 Å². The van der Waals surface area contributed by atoms with E-state index in [0.717, 1.165) is 4.47 Å². The van der Waals surface area contributed by atoms with Crippen LogP contribution in [0.3, 0.4) is 0 Å². The highest BCUT2D eigenvalue weighted by Gasteiger charge is 2.25. The van der Waals surface area contributed by atoms with E-state index in [9.17, 15) is 4.79 Å². The van der Waals surface area contributed by atoms with Crippen molar-refractivity contribution in [2.45, 2.75) is 26.8 Å². The second-order valence-corrected chi connectivity index (χ2v) is 6.38. The number of carbonyl (C=O) groups is 1. The monoisotopic (exact) mass is 304 g/mol. The standard InChI is InChI=1S/C11H17BrN2OS/c1-7(9-4-8(12)5-16-9)14-6-11(2,3)10(13)15/h4-5,7,14H,6H2,1-3H3,(H2,13,15). The number of thiophene rings is 1. The number of carbonyl (C=O) groups excluding carboxylic acids is 1. The molecule has 5 heteroatoms. The summed E-state index contributed by atoms with van der Waals surface area (Å²) in [5.74, 6) is -0.278. The average molecular weight is 305 g/mol. The Morgan fingerprint density at radius 3 is 2.75 bits per heavy atom. The van der Waals surface area contributed by atoms with Gasteiger partial charge < -0.3 is 11.1 Å². The fraction of sp³-hybridized carbons (Fsp3) is 0.545. The van der Waals surface area contributed by atoms with Crippen LogP contribution < -0.4 is 11.1 Å². The van der Waals surface area contributed by atoms with Crippen molar-refractivity contribution < 1.29 is 4.79 Å². The van der Waals surface area contributed by atoms with Gasteiger partial charge in [-0.15, -0.1) is 11.3 Å². The molecule has 90 valence electrons. The van der Waals surface area contributed by atoms with Crippen LogP contribution in [0.15, 0.2) is 15.9 Å². The van der Waals surface area contributed by atoms with Crippen molar-refractivity contribution in [3.8, 4) is 0 Å². The molecule has 0 radical (unpaired) electrons. The minimum absolute atomic E-state index is 0.231. The fourth-order valence-corrected chi connectivity index (χ4v) is 2.63. The Morgan fingerprint density at radius 2 is 2.31 bits per heavy atom. The number of halogens is 1. The Hall–Kier alpha value is -0.390. The van der Waals surface area contributed by atoms with Gasteiger partial charge in [-0.25, -0.2) is 0 Å². The first-order chi connectivity index (χ1) is 7.33. The average Bonchev–Trinajstić information content (AvgIpc) is 2.61. The van der Waals surface area contributed by atoms with Gasteiger partial charge in [0.15, 0.2) is 0 Å². The molecule has 3 nitrogen and oxygen atoms in total. The molecule has 0 aliphatic rings. The first-order valence-electron chi connectivity index (χ1n) is 5.10. The third kappa shape index (κ3) is 3.57. The van der Waals surface area contributed by atoms with Crippen LogP contribution in [0.4, 0.5) is 0 Å². The summed E-state index contributed by atoms with van der Waals surface area (Å²) in [6, 6.07) is 2.31. The quantitative estimate of drug-likeness (QED) is 0.879. The maximum absolute atomic E-state index is 11.2. The molecule has 0 fully saturated rings. The van der Waals surface area contributed by atoms with Gasteiger partial charge in [0.05, 0.1) is 5.41 Å². The first kappa shape index (κ1) is 13.7. The summed E-state index contributed by atoms with van der Waals surface area (Å²) in [6.07, 6.45) is 0. The van der Waals surface area contributed by atoms with E-state index >= 15 is 0 Å². The fourth-order valence-electron chi connectivity index (χ4n) is 1.15. The minimum Gasteiger partial charge on any atom is -0.369 e. The molecular weight excluding hydrogens is 288 g/mol. The first-order valence-corrected chi connectivity index (χ1v) is 6.77. The lowest BCUT2D eigenvalue weighted by atomic mass is 9.92. The summed E-state index contributed by atoms with van der Waals surface area (Å²) in [7, 11) is 0. The number of nitrogens with one attached hydrogen (secondary N) is 1. The third-order valence-corrected chi connectivity index (χ3v) is 4.41. The number of amides is 1. The van der Waals surface area contributed by atoms with Crippen molar-refractivity contribution in [2.24, 2.45) is 11.1 Å². The Kier molecular flexibility index (Phi) is 4.52. The second kappa shape index (κ2) is 5.29. The molecule has 0 spiro atoms. The van der Waals surface area contributed by atoms with Crippen LogP contribution in [0.1, 0.15) is 31.7 Å². The summed E-state index contributed by atoms with van der Waals surface area (Å²) in [4.78, 5) is 12.4. The molecule has 1 unspecified atom stereocenters. The zero-order chi connectivity index (χ0) is 12.3. The number of primary amides is 1. The Balaban J connectivity index is 2.53. The van der Waals surface area contributed by atoms with Crippen molar-refractivity contribution in [3.05, 3.63) is 20.8 Å². The van der Waals surface area contributed by atoms with E-state index in [1.165, 1.54) is 4.88 Å². The second-order valence-electron chi connectivity index (χ2n) is 4.52. The molecule has 3 N–H and O–H groups in total. The molecule has 0 aliphatic carbocycles. The third-order valence-electron chi connectivity index (χ3n) is 2.53. The summed E-state index contributed by atoms with van der Waals surface area (Å²) in [5, 5.41) is 5.37. The molecule has 0 aromatic carbocycles. The smallest absolute Gasteiger partial charge is 0.224 e. The van der Waals surface area contributed by atoms with Crippen molar-refractivity contribution >= 4 is 33.2 Å². The number of hydrogen-bond acceptors (Lipinski definition) is 3. The minimum atomic E-state index is -0.511. The van der Waals surface area contributed by atoms with Crippen molar-refractivity contribution in [1.29, 1.82) is 0 Å². The van der Waals surface area contributed by atoms with Gasteiger partial charge in [0.1, 0.15) is 0 Å². The number of nitrogens with two attached hydrogens (primary N) is 1. The molecule has 1 aromatic rings. The molecule has 1 aromatic heterocycles. The lowest BCUT2D eigenvalue weighted by molar-refractivity contribution is -0.125. The van der Waals surface area contributed by atoms with Gasteiger partial charge in [0.25, 0.3) is 0 Å². The molecule has 0 saturated heterocycles. The maximum atomic E-state index is 11.2. The van der Waals surface area contributed by atoms with Crippen LogP contribution in [0, 0.1) is 5.41 Å². The lowest BCUT2D eigenvalue weighted by Gasteiger charge is -2.23. The van der Waals surface area contributed by atoms with Gasteiger partial charge in [0.2, 0.25) is 5.91 Å². The predicted molar refractivity (Wildman–Crippen MR) is 71.4 cm³/mol. The number of rotatable bonds is 5. The van der Waals surface area contributed by atoms with Crippen LogP contribution in [-0.2, 0) is 4.79 Å². The summed E-state index contributed by atoms with van der Waals surface area (Å²) in [6.45, 7) is 6.35. The van der Waals surface area contributed by atoms with E-state index in [-0.39, 0.29) is 11.9 Å². The van der Waals surface area contributed by atoms with E-state index in [1.54, 1.807) is 11.3 Å². The summed E-state index contributed by atoms with van der Waals surface area (Å²) in [5.41, 5.74) is 4.80. The zero-order valence-corrected chi connectivity index (χ0v) is 12.1. The zero-order valence-electron chi connectivity index (χ0n) is 9.71. The van der Waals surface area contributed by atoms with Gasteiger partial charge in [0, 0.05) is 27.3 Å². The molecular formula is C11H17BrN2OS. The summed E-state index contributed by atoms with van der Waals surface area (Å²) >= 11 is 5.11. The number of hydrogen-bond donors (Lipinski definition) is 2. The van der Waals surface area contributed by atoms with Crippen LogP contribution in [-0.4, -0.2) is 12.5 Å². The van der Waals surface area contributed by atoms with Gasteiger partial charge >= 0.3 is 0 Å². The van der Waals surface area contributed by atoms with Crippen LogP contribution in [0.25, 0.3) is 0 Å². The van der Waals surface area contributed by atoms with Crippen LogP contribution >= 0.6 is 27.3 Å². The Morgan fingerprint density at radius 1 is 1.69 bits per heavy atom. The molecule has 0 bridgehead atoms. The van der Waals surface area contributed by atoms with Gasteiger partial charge in [-0.2, -0.15) is 0 Å². The molecule has 1 atom stereocenters. The van der Waals surface area contributed by atoms with E-state index in [2.05, 4.69) is 34.2 Å². The van der Waals surface area contributed by atoms with Gasteiger partial charge in [-0.05, 0) is 42.8 Å². The summed E-state index contributed by atoms with van der Waals surface area (Å²) < 4.78 is 1.09. The van der Waals surface area contributed by atoms with Crippen LogP contribution in [0.2, 0.25) is 0 Å². The molecule has 16 heavy (non-hydrogen) atoms. The predicted octanol–water partition coefficient (Wildman–Crippen LogP) is 2.67. The Labute approximate surface area is 109 Å². The highest BCUT2D eigenvalue weighted by Crippen LogP contribution is 2.26. The molecule has 0 aliphatic heterocycles. The lowest BCUT2D eigenvalue weighted by Crippen LogP contribution is -2.41.